The number of methoxy groups -OCH3 is 1. The number of anilines is 1. The Hall–Kier alpha value is -2.64. The van der Waals surface area contributed by atoms with Gasteiger partial charge in [-0.25, -0.2) is 4.39 Å². The summed E-state index contributed by atoms with van der Waals surface area (Å²) in [6.07, 6.45) is 3.39. The Morgan fingerprint density at radius 2 is 1.96 bits per heavy atom. The van der Waals surface area contributed by atoms with Crippen LogP contribution in [0.15, 0.2) is 60.0 Å². The van der Waals surface area contributed by atoms with E-state index in [0.717, 1.165) is 5.56 Å². The Kier molecular flexibility index (Phi) is 5.93. The maximum absolute atomic E-state index is 13.1. The molecule has 3 rings (SSSR count). The number of carbonyl (C=O) groups excluding carboxylic acids is 1. The molecule has 0 aromatic heterocycles. The molecule has 0 atom stereocenters. The Morgan fingerprint density at radius 1 is 1.22 bits per heavy atom. The second kappa shape index (κ2) is 8.37. The molecule has 27 heavy (non-hydrogen) atoms. The lowest BCUT2D eigenvalue weighted by Gasteiger charge is -2.14. The lowest BCUT2D eigenvalue weighted by molar-refractivity contribution is -0.113. The molecule has 0 bridgehead atoms. The highest BCUT2D eigenvalue weighted by molar-refractivity contribution is 8.27. The number of ether oxygens (including phenoxy) is 2. The van der Waals surface area contributed by atoms with Crippen LogP contribution >= 0.6 is 24.0 Å². The van der Waals surface area contributed by atoms with Crippen LogP contribution in [0.3, 0.4) is 0 Å². The van der Waals surface area contributed by atoms with Crippen molar-refractivity contribution in [2.24, 2.45) is 0 Å². The molecule has 2 aromatic rings. The third-order valence-electron chi connectivity index (χ3n) is 3.72. The number of thioether (sulfide) groups is 1. The van der Waals surface area contributed by atoms with Gasteiger partial charge in [0, 0.05) is 0 Å². The van der Waals surface area contributed by atoms with Crippen LogP contribution in [0.4, 0.5) is 10.1 Å². The second-order valence-electron chi connectivity index (χ2n) is 5.50. The monoisotopic (exact) mass is 401 g/mol. The number of nitrogens with zero attached hydrogens (tertiary/aromatic N) is 1. The summed E-state index contributed by atoms with van der Waals surface area (Å²) in [5.41, 5.74) is 1.31. The first-order valence-corrected chi connectivity index (χ1v) is 9.21. The van der Waals surface area contributed by atoms with Crippen molar-refractivity contribution >= 4 is 46.0 Å². The van der Waals surface area contributed by atoms with E-state index in [1.165, 1.54) is 40.9 Å². The van der Waals surface area contributed by atoms with Gasteiger partial charge in [-0.05, 0) is 48.0 Å². The maximum atomic E-state index is 13.1. The van der Waals surface area contributed by atoms with Gasteiger partial charge in [0.15, 0.2) is 15.8 Å². The molecule has 0 radical (unpaired) electrons. The summed E-state index contributed by atoms with van der Waals surface area (Å²) in [6.45, 7) is 3.98. The van der Waals surface area contributed by atoms with E-state index in [-0.39, 0.29) is 11.7 Å². The summed E-state index contributed by atoms with van der Waals surface area (Å²) in [7, 11) is 1.55. The van der Waals surface area contributed by atoms with Gasteiger partial charge >= 0.3 is 0 Å². The third-order valence-corrected chi connectivity index (χ3v) is 5.02. The first-order valence-electron chi connectivity index (χ1n) is 7.98. The number of hydrogen-bond acceptors (Lipinski definition) is 5. The number of hydrogen-bond donors (Lipinski definition) is 0. The Bertz CT molecular complexity index is 925. The van der Waals surface area contributed by atoms with Crippen molar-refractivity contribution < 1.29 is 18.7 Å². The molecule has 1 fully saturated rings. The number of thiocarbonyl (C=S) groups is 1. The summed E-state index contributed by atoms with van der Waals surface area (Å²) < 4.78 is 24.4. The molecule has 1 aliphatic heterocycles. The van der Waals surface area contributed by atoms with Crippen molar-refractivity contribution in [3.63, 3.8) is 0 Å². The highest BCUT2D eigenvalue weighted by atomic mass is 32.2. The van der Waals surface area contributed by atoms with Gasteiger partial charge < -0.3 is 9.47 Å². The fourth-order valence-corrected chi connectivity index (χ4v) is 3.77. The SMILES string of the molecule is C=CCOc1ccc(/C=C2\SC(=S)N(c3ccc(F)cc3)C2=O)cc1OC. The highest BCUT2D eigenvalue weighted by Crippen LogP contribution is 2.37. The van der Waals surface area contributed by atoms with Crippen LogP contribution in [0.2, 0.25) is 0 Å². The lowest BCUT2D eigenvalue weighted by Crippen LogP contribution is -2.27. The molecule has 1 amide bonds. The molecule has 1 heterocycles. The Morgan fingerprint density at radius 3 is 2.63 bits per heavy atom. The van der Waals surface area contributed by atoms with Gasteiger partial charge in [-0.1, -0.05) is 42.7 Å². The average molecular weight is 401 g/mol. The van der Waals surface area contributed by atoms with Crippen LogP contribution in [0.5, 0.6) is 11.5 Å². The standard InChI is InChI=1S/C20H16FNO3S2/c1-3-10-25-16-9-4-13(11-17(16)24-2)12-18-19(23)22(20(26)27-18)15-7-5-14(21)6-8-15/h3-9,11-12H,1,10H2,2H3/b18-12-. The molecule has 1 saturated heterocycles. The minimum absolute atomic E-state index is 0.248. The van der Waals surface area contributed by atoms with Crippen LogP contribution in [-0.4, -0.2) is 23.9 Å². The summed E-state index contributed by atoms with van der Waals surface area (Å²) in [6, 6.07) is 11.0. The fourth-order valence-electron chi connectivity index (χ4n) is 2.47. The van der Waals surface area contributed by atoms with Crippen molar-refractivity contribution in [3.05, 3.63) is 71.4 Å². The van der Waals surface area contributed by atoms with Gasteiger partial charge in [0.1, 0.15) is 12.4 Å². The van der Waals surface area contributed by atoms with Crippen LogP contribution in [0.1, 0.15) is 5.56 Å². The molecule has 0 saturated carbocycles. The molecule has 4 nitrogen and oxygen atoms in total. The minimum Gasteiger partial charge on any atom is -0.493 e. The third kappa shape index (κ3) is 4.20. The molecule has 0 unspecified atom stereocenters. The molecule has 2 aromatic carbocycles. The Labute approximate surface area is 166 Å². The topological polar surface area (TPSA) is 38.8 Å². The molecule has 138 valence electrons. The van der Waals surface area contributed by atoms with E-state index in [4.69, 9.17) is 21.7 Å². The molecule has 0 N–H and O–H groups in total. The quantitative estimate of drug-likeness (QED) is 0.395. The number of carbonyl (C=O) groups is 1. The first kappa shape index (κ1) is 19.1. The molecule has 0 spiro atoms. The number of amides is 1. The maximum Gasteiger partial charge on any atom is 0.270 e. The molecule has 0 aliphatic carbocycles. The first-order chi connectivity index (χ1) is 13.0. The van der Waals surface area contributed by atoms with E-state index in [2.05, 4.69) is 6.58 Å². The molecule has 7 heteroatoms. The van der Waals surface area contributed by atoms with Crippen LogP contribution in [0, 0.1) is 5.82 Å². The van der Waals surface area contributed by atoms with Crippen LogP contribution in [0.25, 0.3) is 6.08 Å². The largest absolute Gasteiger partial charge is 0.493 e. The average Bonchev–Trinajstić information content (AvgIpc) is 2.94. The second-order valence-corrected chi connectivity index (χ2v) is 7.18. The lowest BCUT2D eigenvalue weighted by atomic mass is 10.2. The number of halogens is 1. The van der Waals surface area contributed by atoms with Gasteiger partial charge in [-0.15, -0.1) is 0 Å². The van der Waals surface area contributed by atoms with Crippen molar-refractivity contribution in [3.8, 4) is 11.5 Å². The number of benzene rings is 2. The fraction of sp³-hybridized carbons (Fsp3) is 0.100. The highest BCUT2D eigenvalue weighted by Gasteiger charge is 2.33. The summed E-state index contributed by atoms with van der Waals surface area (Å²) >= 11 is 6.52. The van der Waals surface area contributed by atoms with E-state index < -0.39 is 0 Å². The van der Waals surface area contributed by atoms with Crippen molar-refractivity contribution in [2.45, 2.75) is 0 Å². The smallest absolute Gasteiger partial charge is 0.270 e. The van der Waals surface area contributed by atoms with Crippen molar-refractivity contribution in [2.75, 3.05) is 18.6 Å². The van der Waals surface area contributed by atoms with Crippen LogP contribution < -0.4 is 14.4 Å². The van der Waals surface area contributed by atoms with Crippen LogP contribution in [-0.2, 0) is 4.79 Å². The van der Waals surface area contributed by atoms with E-state index >= 15 is 0 Å². The normalized spacial score (nSPS) is 15.3. The Balaban J connectivity index is 1.87. The summed E-state index contributed by atoms with van der Waals surface area (Å²) in [4.78, 5) is 14.6. The molecular weight excluding hydrogens is 385 g/mol. The summed E-state index contributed by atoms with van der Waals surface area (Å²) in [5, 5.41) is 0. The van der Waals surface area contributed by atoms with E-state index in [1.807, 2.05) is 6.07 Å². The zero-order valence-electron chi connectivity index (χ0n) is 14.5. The molecular formula is C20H16FNO3S2. The van der Waals surface area contributed by atoms with Crippen molar-refractivity contribution in [1.82, 2.24) is 0 Å². The predicted molar refractivity (Wildman–Crippen MR) is 111 cm³/mol. The van der Waals surface area contributed by atoms with E-state index in [0.29, 0.717) is 33.0 Å². The summed E-state index contributed by atoms with van der Waals surface area (Å²) in [5.74, 6) is 0.529. The van der Waals surface area contributed by atoms with E-state index in [1.54, 1.807) is 31.4 Å². The zero-order chi connectivity index (χ0) is 19.4. The zero-order valence-corrected chi connectivity index (χ0v) is 16.1. The minimum atomic E-state index is -0.370. The van der Waals surface area contributed by atoms with Gasteiger partial charge in [-0.2, -0.15) is 0 Å². The van der Waals surface area contributed by atoms with Gasteiger partial charge in [0.2, 0.25) is 0 Å². The van der Waals surface area contributed by atoms with E-state index in [9.17, 15) is 9.18 Å². The van der Waals surface area contributed by atoms with Gasteiger partial charge in [0.05, 0.1) is 17.7 Å². The van der Waals surface area contributed by atoms with Gasteiger partial charge in [0.25, 0.3) is 5.91 Å². The predicted octanol–water partition coefficient (Wildman–Crippen LogP) is 4.80. The molecule has 1 aliphatic rings. The number of rotatable bonds is 6. The van der Waals surface area contributed by atoms with Gasteiger partial charge in [-0.3, -0.25) is 9.69 Å². The van der Waals surface area contributed by atoms with Crippen molar-refractivity contribution in [1.29, 1.82) is 0 Å².